The minimum absolute atomic E-state index is 0.283. The van der Waals surface area contributed by atoms with E-state index < -0.39 is 0 Å². The molecule has 0 aliphatic carbocycles. The predicted molar refractivity (Wildman–Crippen MR) is 101 cm³/mol. The summed E-state index contributed by atoms with van der Waals surface area (Å²) in [6.45, 7) is 1.92. The summed E-state index contributed by atoms with van der Waals surface area (Å²) in [6, 6.07) is 21.0. The summed E-state index contributed by atoms with van der Waals surface area (Å²) in [4.78, 5) is 12.4. The summed E-state index contributed by atoms with van der Waals surface area (Å²) in [5, 5.41) is 3.91. The molecule has 0 saturated heterocycles. The Kier molecular flexibility index (Phi) is 4.01. The van der Waals surface area contributed by atoms with Gasteiger partial charge in [0.05, 0.1) is 0 Å². The first kappa shape index (κ1) is 16.1. The second-order valence-electron chi connectivity index (χ2n) is 6.14. The highest BCUT2D eigenvalue weighted by Gasteiger charge is 2.11. The van der Waals surface area contributed by atoms with E-state index in [4.69, 9.17) is 4.42 Å². The molecule has 0 atom stereocenters. The third-order valence-electron chi connectivity index (χ3n) is 4.30. The van der Waals surface area contributed by atoms with Crippen molar-refractivity contribution in [3.05, 3.63) is 89.7 Å². The number of para-hydroxylation sites is 1. The van der Waals surface area contributed by atoms with Crippen LogP contribution in [0.5, 0.6) is 0 Å². The molecule has 4 heteroatoms. The monoisotopic (exact) mass is 345 g/mol. The van der Waals surface area contributed by atoms with Gasteiger partial charge in [-0.2, -0.15) is 0 Å². The molecule has 3 nitrogen and oxygen atoms in total. The Balaban J connectivity index is 1.65. The highest BCUT2D eigenvalue weighted by atomic mass is 19.1. The third-order valence-corrected chi connectivity index (χ3v) is 4.30. The minimum atomic E-state index is -0.371. The Labute approximate surface area is 150 Å². The molecule has 0 unspecified atom stereocenters. The van der Waals surface area contributed by atoms with Crippen molar-refractivity contribution >= 4 is 22.6 Å². The minimum Gasteiger partial charge on any atom is -0.456 e. The van der Waals surface area contributed by atoms with E-state index in [0.29, 0.717) is 11.3 Å². The van der Waals surface area contributed by atoms with Crippen molar-refractivity contribution in [1.82, 2.24) is 0 Å². The molecule has 26 heavy (non-hydrogen) atoms. The van der Waals surface area contributed by atoms with Gasteiger partial charge in [-0.05, 0) is 55.0 Å². The Hall–Kier alpha value is -3.40. The van der Waals surface area contributed by atoms with E-state index in [2.05, 4.69) is 5.32 Å². The van der Waals surface area contributed by atoms with Gasteiger partial charge in [-0.1, -0.05) is 30.3 Å². The maximum Gasteiger partial charge on any atom is 0.255 e. The summed E-state index contributed by atoms with van der Waals surface area (Å²) >= 11 is 0. The van der Waals surface area contributed by atoms with E-state index in [1.807, 2.05) is 55.5 Å². The van der Waals surface area contributed by atoms with Crippen molar-refractivity contribution in [2.45, 2.75) is 6.92 Å². The lowest BCUT2D eigenvalue weighted by molar-refractivity contribution is 0.102. The highest BCUT2D eigenvalue weighted by molar-refractivity contribution is 6.05. The van der Waals surface area contributed by atoms with Crippen LogP contribution in [0.3, 0.4) is 0 Å². The van der Waals surface area contributed by atoms with Crippen LogP contribution in [0.15, 0.2) is 77.2 Å². The molecule has 0 bridgehead atoms. The molecule has 0 aliphatic heterocycles. The number of benzene rings is 3. The first-order chi connectivity index (χ1) is 12.6. The summed E-state index contributed by atoms with van der Waals surface area (Å²) in [6.07, 6.45) is 0. The number of rotatable bonds is 3. The molecule has 128 valence electrons. The van der Waals surface area contributed by atoms with E-state index in [-0.39, 0.29) is 11.7 Å². The van der Waals surface area contributed by atoms with E-state index in [0.717, 1.165) is 27.9 Å². The van der Waals surface area contributed by atoms with Crippen molar-refractivity contribution in [1.29, 1.82) is 0 Å². The van der Waals surface area contributed by atoms with Gasteiger partial charge in [0.2, 0.25) is 0 Å². The fourth-order valence-electron chi connectivity index (χ4n) is 2.83. The van der Waals surface area contributed by atoms with Crippen LogP contribution < -0.4 is 5.32 Å². The van der Waals surface area contributed by atoms with Gasteiger partial charge in [0.15, 0.2) is 0 Å². The first-order valence-corrected chi connectivity index (χ1v) is 8.27. The zero-order valence-electron chi connectivity index (χ0n) is 14.1. The molecule has 0 spiro atoms. The summed E-state index contributed by atoms with van der Waals surface area (Å²) in [7, 11) is 0. The summed E-state index contributed by atoms with van der Waals surface area (Å²) in [5.41, 5.74) is 3.72. The molecule has 1 heterocycles. The van der Waals surface area contributed by atoms with Crippen LogP contribution in [0.1, 0.15) is 15.9 Å². The van der Waals surface area contributed by atoms with Crippen LogP contribution in [0, 0.1) is 12.7 Å². The molecular weight excluding hydrogens is 329 g/mol. The molecule has 0 saturated carbocycles. The number of carbonyl (C=O) groups is 1. The maximum atomic E-state index is 13.0. The number of hydrogen-bond donors (Lipinski definition) is 1. The number of carbonyl (C=O) groups excluding carboxylic acids is 1. The molecule has 0 aliphatic rings. The van der Waals surface area contributed by atoms with Gasteiger partial charge in [0.1, 0.15) is 17.2 Å². The molecule has 4 rings (SSSR count). The van der Waals surface area contributed by atoms with Crippen LogP contribution in [-0.2, 0) is 0 Å². The van der Waals surface area contributed by atoms with Crippen molar-refractivity contribution in [2.24, 2.45) is 0 Å². The fourth-order valence-corrected chi connectivity index (χ4v) is 2.83. The maximum absolute atomic E-state index is 13.0. The number of fused-ring (bicyclic) bond motifs is 1. The number of anilines is 1. The Morgan fingerprint density at radius 3 is 2.50 bits per heavy atom. The van der Waals surface area contributed by atoms with Gasteiger partial charge in [-0.3, -0.25) is 4.79 Å². The van der Waals surface area contributed by atoms with Crippen molar-refractivity contribution in [2.75, 3.05) is 5.32 Å². The highest BCUT2D eigenvalue weighted by Crippen LogP contribution is 2.30. The second-order valence-corrected chi connectivity index (χ2v) is 6.14. The van der Waals surface area contributed by atoms with Crippen molar-refractivity contribution in [3.63, 3.8) is 0 Å². The molecule has 1 amide bonds. The summed E-state index contributed by atoms with van der Waals surface area (Å²) in [5.74, 6) is 0.0861. The van der Waals surface area contributed by atoms with E-state index in [1.54, 1.807) is 0 Å². The number of halogens is 1. The van der Waals surface area contributed by atoms with Crippen molar-refractivity contribution in [3.8, 4) is 11.3 Å². The lowest BCUT2D eigenvalue weighted by Crippen LogP contribution is -2.12. The summed E-state index contributed by atoms with van der Waals surface area (Å²) < 4.78 is 18.9. The van der Waals surface area contributed by atoms with E-state index >= 15 is 0 Å². The van der Waals surface area contributed by atoms with Gasteiger partial charge in [-0.15, -0.1) is 0 Å². The Morgan fingerprint density at radius 2 is 1.73 bits per heavy atom. The second kappa shape index (κ2) is 6.48. The number of hydrogen-bond acceptors (Lipinski definition) is 2. The quantitative estimate of drug-likeness (QED) is 0.510. The van der Waals surface area contributed by atoms with Gasteiger partial charge >= 0.3 is 0 Å². The van der Waals surface area contributed by atoms with Crippen LogP contribution in [0.2, 0.25) is 0 Å². The average Bonchev–Trinajstić information content (AvgIpc) is 3.08. The SMILES string of the molecule is Cc1ccc(-c2cc3ccccc3o2)cc1NC(=O)c1ccc(F)cc1. The largest absolute Gasteiger partial charge is 0.456 e. The third kappa shape index (κ3) is 3.09. The van der Waals surface area contributed by atoms with Crippen LogP contribution in [0.25, 0.3) is 22.3 Å². The standard InChI is InChI=1S/C22H16FNO2/c1-14-6-7-17(21-13-16-4-2-3-5-20(16)26-21)12-19(14)24-22(25)15-8-10-18(23)11-9-15/h2-13H,1H3,(H,24,25). The molecule has 0 fully saturated rings. The molecule has 1 N–H and O–H groups in total. The predicted octanol–water partition coefficient (Wildman–Crippen LogP) is 5.80. The molecule has 0 radical (unpaired) electrons. The molecule has 4 aromatic rings. The Morgan fingerprint density at radius 1 is 0.962 bits per heavy atom. The van der Waals surface area contributed by atoms with Gasteiger partial charge in [-0.25, -0.2) is 4.39 Å². The number of amides is 1. The van der Waals surface area contributed by atoms with Crippen LogP contribution in [0.4, 0.5) is 10.1 Å². The molecule has 1 aromatic heterocycles. The van der Waals surface area contributed by atoms with Crippen molar-refractivity contribution < 1.29 is 13.6 Å². The average molecular weight is 345 g/mol. The smallest absolute Gasteiger partial charge is 0.255 e. The first-order valence-electron chi connectivity index (χ1n) is 8.27. The lowest BCUT2D eigenvalue weighted by atomic mass is 10.1. The van der Waals surface area contributed by atoms with Crippen LogP contribution >= 0.6 is 0 Å². The zero-order chi connectivity index (χ0) is 18.1. The normalized spacial score (nSPS) is 10.8. The number of furan rings is 1. The lowest BCUT2D eigenvalue weighted by Gasteiger charge is -2.10. The van der Waals surface area contributed by atoms with E-state index in [1.165, 1.54) is 24.3 Å². The number of nitrogens with one attached hydrogen (secondary N) is 1. The van der Waals surface area contributed by atoms with Gasteiger partial charge in [0, 0.05) is 22.2 Å². The van der Waals surface area contributed by atoms with E-state index in [9.17, 15) is 9.18 Å². The molecular formula is C22H16FNO2. The van der Waals surface area contributed by atoms with Gasteiger partial charge < -0.3 is 9.73 Å². The number of aryl methyl sites for hydroxylation is 1. The topological polar surface area (TPSA) is 42.2 Å². The zero-order valence-corrected chi connectivity index (χ0v) is 14.1. The molecule has 3 aromatic carbocycles. The Bertz CT molecular complexity index is 1060. The van der Waals surface area contributed by atoms with Gasteiger partial charge in [0.25, 0.3) is 5.91 Å². The van der Waals surface area contributed by atoms with Crippen LogP contribution in [-0.4, -0.2) is 5.91 Å². The fraction of sp³-hybridized carbons (Fsp3) is 0.0455.